The summed E-state index contributed by atoms with van der Waals surface area (Å²) >= 11 is 0. The Hall–Kier alpha value is -0.0400. The van der Waals surface area contributed by atoms with Crippen LogP contribution in [-0.4, -0.2) is 13.1 Å². The highest BCUT2D eigenvalue weighted by Crippen LogP contribution is 2.63. The summed E-state index contributed by atoms with van der Waals surface area (Å²) in [5.74, 6) is 4.88. The quantitative estimate of drug-likeness (QED) is 0.791. The van der Waals surface area contributed by atoms with E-state index in [2.05, 4.69) is 33.1 Å². The van der Waals surface area contributed by atoms with Crippen LogP contribution in [0.4, 0.5) is 0 Å². The summed E-state index contributed by atoms with van der Waals surface area (Å²) in [6.07, 6.45) is 9.34. The Morgan fingerprint density at radius 3 is 1.67 bits per heavy atom. The summed E-state index contributed by atoms with van der Waals surface area (Å²) in [7, 11) is 2.17. The van der Waals surface area contributed by atoms with E-state index in [1.54, 1.807) is 38.5 Å². The average molecular weight is 249 g/mol. The van der Waals surface area contributed by atoms with Gasteiger partial charge in [0.15, 0.2) is 0 Å². The summed E-state index contributed by atoms with van der Waals surface area (Å²) in [5, 5.41) is 3.63. The molecule has 1 nitrogen and oxygen atoms in total. The fourth-order valence-electron chi connectivity index (χ4n) is 6.28. The van der Waals surface area contributed by atoms with E-state index in [0.29, 0.717) is 11.5 Å². The monoisotopic (exact) mass is 249 g/mol. The number of hydrogen-bond acceptors (Lipinski definition) is 1. The number of rotatable bonds is 4. The van der Waals surface area contributed by atoms with Crippen LogP contribution in [0.15, 0.2) is 0 Å². The van der Waals surface area contributed by atoms with Gasteiger partial charge in [0.1, 0.15) is 0 Å². The average Bonchev–Trinajstić information content (AvgIpc) is 2.27. The molecule has 2 unspecified atom stereocenters. The fourth-order valence-corrected chi connectivity index (χ4v) is 6.28. The Kier molecular flexibility index (Phi) is 3.25. The van der Waals surface area contributed by atoms with Crippen molar-refractivity contribution < 1.29 is 0 Å². The van der Waals surface area contributed by atoms with Gasteiger partial charge in [-0.15, -0.1) is 0 Å². The first kappa shape index (κ1) is 13.0. The molecule has 0 spiro atoms. The molecular formula is C17H31N. The van der Waals surface area contributed by atoms with Gasteiger partial charge in [-0.2, -0.15) is 0 Å². The van der Waals surface area contributed by atoms with Gasteiger partial charge in [-0.05, 0) is 80.6 Å². The molecule has 0 aliphatic heterocycles. The molecule has 4 bridgehead atoms. The highest BCUT2D eigenvalue weighted by molar-refractivity contribution is 5.05. The van der Waals surface area contributed by atoms with Gasteiger partial charge >= 0.3 is 0 Å². The van der Waals surface area contributed by atoms with Crippen LogP contribution in [0.3, 0.4) is 0 Å². The lowest BCUT2D eigenvalue weighted by molar-refractivity contribution is -0.0937. The van der Waals surface area contributed by atoms with Crippen molar-refractivity contribution in [3.8, 4) is 0 Å². The van der Waals surface area contributed by atoms with Crippen molar-refractivity contribution in [3.63, 3.8) is 0 Å². The molecule has 2 atom stereocenters. The molecule has 4 rings (SSSR count). The van der Waals surface area contributed by atoms with Crippen LogP contribution in [0.1, 0.15) is 59.3 Å². The second-order valence-corrected chi connectivity index (χ2v) is 8.13. The van der Waals surface area contributed by atoms with Crippen molar-refractivity contribution >= 4 is 0 Å². The van der Waals surface area contributed by atoms with Crippen LogP contribution in [-0.2, 0) is 0 Å². The largest absolute Gasteiger partial charge is 0.316 e. The zero-order valence-corrected chi connectivity index (χ0v) is 12.7. The molecule has 4 saturated carbocycles. The normalized spacial score (nSPS) is 45.5. The van der Waals surface area contributed by atoms with E-state index >= 15 is 0 Å². The molecular weight excluding hydrogens is 218 g/mol. The molecule has 104 valence electrons. The maximum absolute atomic E-state index is 3.63. The van der Waals surface area contributed by atoms with Crippen molar-refractivity contribution in [2.45, 2.75) is 65.3 Å². The van der Waals surface area contributed by atoms with Gasteiger partial charge < -0.3 is 5.32 Å². The smallest absolute Gasteiger partial charge is 0.0118 e. The second kappa shape index (κ2) is 4.51. The van der Waals surface area contributed by atoms with Crippen molar-refractivity contribution in [1.82, 2.24) is 5.32 Å². The lowest BCUT2D eigenvalue weighted by Gasteiger charge is -2.60. The Morgan fingerprint density at radius 2 is 1.33 bits per heavy atom. The third-order valence-corrected chi connectivity index (χ3v) is 6.64. The first-order valence-corrected chi connectivity index (χ1v) is 8.21. The molecule has 0 aromatic carbocycles. The summed E-state index contributed by atoms with van der Waals surface area (Å²) in [4.78, 5) is 0. The molecule has 1 heteroatoms. The zero-order valence-electron chi connectivity index (χ0n) is 12.7. The summed E-state index contributed by atoms with van der Waals surface area (Å²) < 4.78 is 0. The predicted molar refractivity (Wildman–Crippen MR) is 77.5 cm³/mol. The Morgan fingerprint density at radius 1 is 0.889 bits per heavy atom. The molecule has 0 radical (unpaired) electrons. The van der Waals surface area contributed by atoms with E-state index in [-0.39, 0.29) is 0 Å². The van der Waals surface area contributed by atoms with E-state index in [0.717, 1.165) is 29.6 Å². The Bertz CT molecular complexity index is 271. The van der Waals surface area contributed by atoms with Crippen LogP contribution in [0.25, 0.3) is 0 Å². The number of nitrogens with one attached hydrogen (secondary N) is 1. The van der Waals surface area contributed by atoms with Gasteiger partial charge in [0.25, 0.3) is 0 Å². The van der Waals surface area contributed by atoms with Crippen molar-refractivity contribution in [2.24, 2.45) is 35.0 Å². The SMILES string of the molecule is CNC(C(C)C)C(C)C12CC3CC(CC(C3)C1)C2. The first-order chi connectivity index (χ1) is 8.54. The topological polar surface area (TPSA) is 12.0 Å². The van der Waals surface area contributed by atoms with Gasteiger partial charge in [0, 0.05) is 6.04 Å². The van der Waals surface area contributed by atoms with E-state index < -0.39 is 0 Å². The predicted octanol–water partition coefficient (Wildman–Crippen LogP) is 4.08. The molecule has 0 saturated heterocycles. The molecule has 0 aromatic heterocycles. The minimum atomic E-state index is 0.701. The van der Waals surface area contributed by atoms with Crippen molar-refractivity contribution in [3.05, 3.63) is 0 Å². The molecule has 1 N–H and O–H groups in total. The summed E-state index contributed by atoms with van der Waals surface area (Å²) in [6, 6.07) is 0.709. The Balaban J connectivity index is 1.82. The van der Waals surface area contributed by atoms with Crippen molar-refractivity contribution in [2.75, 3.05) is 7.05 Å². The molecule has 4 aliphatic carbocycles. The minimum absolute atomic E-state index is 0.701. The molecule has 18 heavy (non-hydrogen) atoms. The minimum Gasteiger partial charge on any atom is -0.316 e. The van der Waals surface area contributed by atoms with Crippen LogP contribution < -0.4 is 5.32 Å². The molecule has 4 fully saturated rings. The van der Waals surface area contributed by atoms with E-state index in [9.17, 15) is 0 Å². The van der Waals surface area contributed by atoms with E-state index in [1.807, 2.05) is 0 Å². The van der Waals surface area contributed by atoms with Gasteiger partial charge in [-0.25, -0.2) is 0 Å². The summed E-state index contributed by atoms with van der Waals surface area (Å²) in [6.45, 7) is 7.32. The summed E-state index contributed by atoms with van der Waals surface area (Å²) in [5.41, 5.74) is 0.701. The highest BCUT2D eigenvalue weighted by Gasteiger charge is 2.54. The lowest BCUT2D eigenvalue weighted by Crippen LogP contribution is -2.54. The number of hydrogen-bond donors (Lipinski definition) is 1. The molecule has 0 aromatic rings. The zero-order chi connectivity index (χ0) is 12.9. The van der Waals surface area contributed by atoms with E-state index in [1.165, 1.54) is 0 Å². The van der Waals surface area contributed by atoms with Crippen LogP contribution in [0, 0.1) is 35.0 Å². The van der Waals surface area contributed by atoms with Crippen LogP contribution in [0.5, 0.6) is 0 Å². The molecule has 0 heterocycles. The molecule has 0 amide bonds. The second-order valence-electron chi connectivity index (χ2n) is 8.13. The van der Waals surface area contributed by atoms with Gasteiger partial charge in [0.2, 0.25) is 0 Å². The van der Waals surface area contributed by atoms with Gasteiger partial charge in [-0.3, -0.25) is 0 Å². The van der Waals surface area contributed by atoms with E-state index in [4.69, 9.17) is 0 Å². The first-order valence-electron chi connectivity index (χ1n) is 8.21. The third kappa shape index (κ3) is 1.94. The third-order valence-electron chi connectivity index (χ3n) is 6.64. The van der Waals surface area contributed by atoms with Crippen molar-refractivity contribution in [1.29, 1.82) is 0 Å². The molecule has 4 aliphatic rings. The van der Waals surface area contributed by atoms with Gasteiger partial charge in [0.05, 0.1) is 0 Å². The lowest BCUT2D eigenvalue weighted by atomic mass is 9.45. The van der Waals surface area contributed by atoms with Crippen LogP contribution in [0.2, 0.25) is 0 Å². The van der Waals surface area contributed by atoms with Gasteiger partial charge in [-0.1, -0.05) is 20.8 Å². The Labute approximate surface area is 113 Å². The van der Waals surface area contributed by atoms with Crippen LogP contribution >= 0.6 is 0 Å². The standard InChI is InChI=1S/C17H31N/c1-11(2)16(18-4)12(3)17-8-13-5-14(9-17)7-15(6-13)10-17/h11-16,18H,5-10H2,1-4H3. The maximum atomic E-state index is 3.63. The maximum Gasteiger partial charge on any atom is 0.0118 e. The highest BCUT2D eigenvalue weighted by atomic mass is 14.9. The fraction of sp³-hybridized carbons (Fsp3) is 1.00.